The van der Waals surface area contributed by atoms with Crippen LogP contribution in [0.3, 0.4) is 0 Å². The zero-order valence-electron chi connectivity index (χ0n) is 11.1. The van der Waals surface area contributed by atoms with Gasteiger partial charge in [0.1, 0.15) is 11.9 Å². The van der Waals surface area contributed by atoms with Crippen LogP contribution in [-0.2, 0) is 4.74 Å². The summed E-state index contributed by atoms with van der Waals surface area (Å²) in [6, 6.07) is 4.92. The predicted molar refractivity (Wildman–Crippen MR) is 68.9 cm³/mol. The fourth-order valence-corrected chi connectivity index (χ4v) is 2.82. The van der Waals surface area contributed by atoms with Crippen molar-refractivity contribution < 1.29 is 14.2 Å². The van der Waals surface area contributed by atoms with Crippen LogP contribution in [0.2, 0.25) is 0 Å². The minimum Gasteiger partial charge on any atom is -0.385 e. The summed E-state index contributed by atoms with van der Waals surface area (Å²) in [5.74, 6) is -0.270. The van der Waals surface area contributed by atoms with E-state index in [1.807, 2.05) is 0 Å². The van der Waals surface area contributed by atoms with Crippen molar-refractivity contribution in [3.8, 4) is 0 Å². The van der Waals surface area contributed by atoms with E-state index in [1.165, 1.54) is 12.5 Å². The summed E-state index contributed by atoms with van der Waals surface area (Å²) in [7, 11) is 1.64. The van der Waals surface area contributed by atoms with Crippen LogP contribution in [0.4, 0.5) is 4.39 Å². The van der Waals surface area contributed by atoms with E-state index >= 15 is 0 Å². The molecule has 0 saturated heterocycles. The van der Waals surface area contributed by atoms with E-state index in [0.717, 1.165) is 25.7 Å². The number of methoxy groups -OCH3 is 1. The summed E-state index contributed by atoms with van der Waals surface area (Å²) < 4.78 is 19.2. The van der Waals surface area contributed by atoms with Crippen molar-refractivity contribution in [2.45, 2.75) is 50.7 Å². The van der Waals surface area contributed by atoms with Gasteiger partial charge in [-0.25, -0.2) is 4.39 Å². The molecule has 1 unspecified atom stereocenters. The fourth-order valence-electron chi connectivity index (χ4n) is 2.82. The van der Waals surface area contributed by atoms with Crippen molar-refractivity contribution in [1.29, 1.82) is 0 Å². The van der Waals surface area contributed by atoms with Gasteiger partial charge in [-0.15, -0.1) is 0 Å². The first-order valence-electron chi connectivity index (χ1n) is 6.58. The average Bonchev–Trinajstić information content (AvgIpc) is 2.42. The Labute approximate surface area is 108 Å². The molecule has 1 aromatic rings. The molecule has 1 fully saturated rings. The van der Waals surface area contributed by atoms with Gasteiger partial charge in [-0.2, -0.15) is 0 Å². The van der Waals surface area contributed by atoms with Gasteiger partial charge < -0.3 is 9.84 Å². The van der Waals surface area contributed by atoms with E-state index in [0.29, 0.717) is 11.1 Å². The van der Waals surface area contributed by atoms with Gasteiger partial charge in [-0.1, -0.05) is 31.4 Å². The number of hydrogen-bond donors (Lipinski definition) is 1. The first kappa shape index (κ1) is 13.5. The van der Waals surface area contributed by atoms with Crippen molar-refractivity contribution in [2.75, 3.05) is 7.11 Å². The molecule has 1 aliphatic carbocycles. The van der Waals surface area contributed by atoms with Gasteiger partial charge in [0.25, 0.3) is 0 Å². The Morgan fingerprint density at radius 2 is 1.94 bits per heavy atom. The molecule has 0 amide bonds. The topological polar surface area (TPSA) is 29.5 Å². The first-order chi connectivity index (χ1) is 8.59. The summed E-state index contributed by atoms with van der Waals surface area (Å²) in [6.45, 7) is 1.72. The zero-order chi connectivity index (χ0) is 13.2. The molecule has 0 heterocycles. The lowest BCUT2D eigenvalue weighted by Gasteiger charge is -2.40. The molecule has 0 aromatic heterocycles. The van der Waals surface area contributed by atoms with Crippen LogP contribution in [0, 0.1) is 12.7 Å². The maximum absolute atomic E-state index is 13.6. The Hall–Kier alpha value is -0.930. The molecule has 2 rings (SSSR count). The third-order valence-electron chi connectivity index (χ3n) is 4.12. The minimum absolute atomic E-state index is 0.270. The lowest BCUT2D eigenvalue weighted by molar-refractivity contribution is -0.125. The zero-order valence-corrected chi connectivity index (χ0v) is 11.1. The molecule has 1 N–H and O–H groups in total. The number of halogens is 1. The normalized spacial score (nSPS) is 20.7. The SMILES string of the molecule is COC1(C(O)c2ccc(C)c(F)c2)CCCCC1. The molecule has 2 nitrogen and oxygen atoms in total. The number of aryl methyl sites for hydroxylation is 1. The summed E-state index contributed by atoms with van der Waals surface area (Å²) in [4.78, 5) is 0. The van der Waals surface area contributed by atoms with Gasteiger partial charge in [0, 0.05) is 7.11 Å². The van der Waals surface area contributed by atoms with Gasteiger partial charge in [-0.3, -0.25) is 0 Å². The van der Waals surface area contributed by atoms with Crippen molar-refractivity contribution >= 4 is 0 Å². The molecule has 0 bridgehead atoms. The second kappa shape index (κ2) is 5.37. The van der Waals surface area contributed by atoms with Crippen molar-refractivity contribution in [3.63, 3.8) is 0 Å². The number of rotatable bonds is 3. The predicted octanol–water partition coefficient (Wildman–Crippen LogP) is 3.52. The molecule has 0 radical (unpaired) electrons. The summed E-state index contributed by atoms with van der Waals surface area (Å²) in [5.41, 5.74) is 0.669. The van der Waals surface area contributed by atoms with E-state index < -0.39 is 11.7 Å². The molecule has 1 aromatic carbocycles. The van der Waals surface area contributed by atoms with E-state index in [1.54, 1.807) is 26.2 Å². The quantitative estimate of drug-likeness (QED) is 0.892. The molecular formula is C15H21FO2. The van der Waals surface area contributed by atoms with Crippen molar-refractivity contribution in [2.24, 2.45) is 0 Å². The van der Waals surface area contributed by atoms with Crippen LogP contribution >= 0.6 is 0 Å². The van der Waals surface area contributed by atoms with Gasteiger partial charge in [0.2, 0.25) is 0 Å². The maximum Gasteiger partial charge on any atom is 0.126 e. The van der Waals surface area contributed by atoms with E-state index in [2.05, 4.69) is 0 Å². The molecule has 0 spiro atoms. The van der Waals surface area contributed by atoms with Crippen LogP contribution in [0.15, 0.2) is 18.2 Å². The Balaban J connectivity index is 2.27. The molecule has 1 atom stereocenters. The highest BCUT2D eigenvalue weighted by Crippen LogP contribution is 2.41. The maximum atomic E-state index is 13.6. The van der Waals surface area contributed by atoms with E-state index in [9.17, 15) is 9.50 Å². The highest BCUT2D eigenvalue weighted by atomic mass is 19.1. The van der Waals surface area contributed by atoms with Crippen LogP contribution in [0.1, 0.15) is 49.3 Å². The van der Waals surface area contributed by atoms with Crippen molar-refractivity contribution in [1.82, 2.24) is 0 Å². The first-order valence-corrected chi connectivity index (χ1v) is 6.58. The van der Waals surface area contributed by atoms with E-state index in [4.69, 9.17) is 4.74 Å². The molecule has 1 aliphatic rings. The molecule has 3 heteroatoms. The lowest BCUT2D eigenvalue weighted by Crippen LogP contribution is -2.40. The largest absolute Gasteiger partial charge is 0.385 e. The molecule has 18 heavy (non-hydrogen) atoms. The monoisotopic (exact) mass is 252 g/mol. The highest BCUT2D eigenvalue weighted by molar-refractivity contribution is 5.27. The molecular weight excluding hydrogens is 231 g/mol. The van der Waals surface area contributed by atoms with Gasteiger partial charge in [0.05, 0.1) is 5.60 Å². The summed E-state index contributed by atoms with van der Waals surface area (Å²) in [5, 5.41) is 10.5. The second-order valence-electron chi connectivity index (χ2n) is 5.24. The number of ether oxygens (including phenoxy) is 1. The summed E-state index contributed by atoms with van der Waals surface area (Å²) >= 11 is 0. The third kappa shape index (κ3) is 2.43. The minimum atomic E-state index is -0.752. The van der Waals surface area contributed by atoms with Gasteiger partial charge in [-0.05, 0) is 37.0 Å². The van der Waals surface area contributed by atoms with Crippen LogP contribution < -0.4 is 0 Å². The van der Waals surface area contributed by atoms with Gasteiger partial charge >= 0.3 is 0 Å². The second-order valence-corrected chi connectivity index (χ2v) is 5.24. The van der Waals surface area contributed by atoms with E-state index in [-0.39, 0.29) is 5.82 Å². The fraction of sp³-hybridized carbons (Fsp3) is 0.600. The molecule has 1 saturated carbocycles. The molecule has 0 aliphatic heterocycles. The third-order valence-corrected chi connectivity index (χ3v) is 4.12. The summed E-state index contributed by atoms with van der Waals surface area (Å²) in [6.07, 6.45) is 4.21. The Kier molecular flexibility index (Phi) is 4.03. The smallest absolute Gasteiger partial charge is 0.126 e. The number of aliphatic hydroxyl groups is 1. The number of benzene rings is 1. The Bertz CT molecular complexity index is 411. The van der Waals surface area contributed by atoms with Crippen molar-refractivity contribution in [3.05, 3.63) is 35.1 Å². The Morgan fingerprint density at radius 1 is 1.28 bits per heavy atom. The average molecular weight is 252 g/mol. The number of aliphatic hydroxyl groups excluding tert-OH is 1. The van der Waals surface area contributed by atoms with Crippen LogP contribution in [0.5, 0.6) is 0 Å². The standard InChI is InChI=1S/C15H21FO2/c1-11-6-7-12(10-13(11)16)14(17)15(18-2)8-4-3-5-9-15/h6-7,10,14,17H,3-5,8-9H2,1-2H3. The highest BCUT2D eigenvalue weighted by Gasteiger charge is 2.40. The lowest BCUT2D eigenvalue weighted by atomic mass is 9.78. The Morgan fingerprint density at radius 3 is 2.50 bits per heavy atom. The van der Waals surface area contributed by atoms with Gasteiger partial charge in [0.15, 0.2) is 0 Å². The van der Waals surface area contributed by atoms with Crippen LogP contribution in [-0.4, -0.2) is 17.8 Å². The number of hydrogen-bond acceptors (Lipinski definition) is 2. The molecule has 100 valence electrons. The van der Waals surface area contributed by atoms with Crippen LogP contribution in [0.25, 0.3) is 0 Å².